The smallest absolute Gasteiger partial charge is 0.378 e. The van der Waals surface area contributed by atoms with Crippen LogP contribution >= 0.6 is 0 Å². The zero-order valence-corrected chi connectivity index (χ0v) is 13.1. The number of amides is 1. The van der Waals surface area contributed by atoms with Crippen molar-refractivity contribution in [1.29, 1.82) is 0 Å². The fourth-order valence-electron chi connectivity index (χ4n) is 2.82. The van der Waals surface area contributed by atoms with E-state index >= 15 is 0 Å². The van der Waals surface area contributed by atoms with Crippen molar-refractivity contribution in [3.8, 4) is 0 Å². The fourth-order valence-corrected chi connectivity index (χ4v) is 2.82. The minimum Gasteiger partial charge on any atom is -0.378 e. The lowest BCUT2D eigenvalue weighted by Gasteiger charge is -2.29. The quantitative estimate of drug-likeness (QED) is 0.658. The number of ether oxygens (including phenoxy) is 1. The second kappa shape index (κ2) is 6.51. The molecular weight excluding hydrogens is 343 g/mol. The zero-order chi connectivity index (χ0) is 18.2. The number of carbonyl (C=O) groups is 1. The minimum atomic E-state index is -4.66. The number of hydrogen-bond donors (Lipinski definition) is 1. The molecule has 0 aromatic heterocycles. The van der Waals surface area contributed by atoms with Crippen molar-refractivity contribution in [1.82, 2.24) is 0 Å². The molecule has 1 aromatic carbocycles. The Kier molecular flexibility index (Phi) is 4.55. The number of alkyl halides is 3. The van der Waals surface area contributed by atoms with Crippen LogP contribution in [0.5, 0.6) is 0 Å². The molecule has 2 aliphatic rings. The average Bonchev–Trinajstić information content (AvgIpc) is 3.36. The van der Waals surface area contributed by atoms with Crippen LogP contribution in [0, 0.1) is 16.0 Å². The van der Waals surface area contributed by atoms with Gasteiger partial charge in [-0.1, -0.05) is 0 Å². The van der Waals surface area contributed by atoms with E-state index in [1.807, 2.05) is 0 Å². The summed E-state index contributed by atoms with van der Waals surface area (Å²) in [5, 5.41) is 12.8. The molecule has 3 rings (SSSR count). The highest BCUT2D eigenvalue weighted by atomic mass is 19.4. The van der Waals surface area contributed by atoms with E-state index in [-0.39, 0.29) is 12.1 Å². The third kappa shape index (κ3) is 3.84. The van der Waals surface area contributed by atoms with Crippen molar-refractivity contribution in [3.05, 3.63) is 33.9 Å². The van der Waals surface area contributed by atoms with E-state index in [1.54, 1.807) is 4.90 Å². The molecule has 0 radical (unpaired) electrons. The van der Waals surface area contributed by atoms with Gasteiger partial charge >= 0.3 is 6.18 Å². The monoisotopic (exact) mass is 359 g/mol. The van der Waals surface area contributed by atoms with Crippen LogP contribution in [0.2, 0.25) is 0 Å². The largest absolute Gasteiger partial charge is 0.418 e. The number of anilines is 2. The third-order valence-corrected chi connectivity index (χ3v) is 4.31. The van der Waals surface area contributed by atoms with Crippen molar-refractivity contribution >= 4 is 17.3 Å². The highest BCUT2D eigenvalue weighted by Gasteiger charge is 2.53. The van der Waals surface area contributed by atoms with Crippen LogP contribution in [0.25, 0.3) is 0 Å². The molecule has 0 spiro atoms. The van der Waals surface area contributed by atoms with Crippen LogP contribution in [0.15, 0.2) is 18.2 Å². The highest BCUT2D eigenvalue weighted by Crippen LogP contribution is 2.39. The highest BCUT2D eigenvalue weighted by molar-refractivity contribution is 5.95. The molecule has 10 heteroatoms. The molecule has 0 unspecified atom stereocenters. The third-order valence-electron chi connectivity index (χ3n) is 4.31. The number of hydrogen-bond acceptors (Lipinski definition) is 5. The van der Waals surface area contributed by atoms with E-state index in [4.69, 9.17) is 4.74 Å². The summed E-state index contributed by atoms with van der Waals surface area (Å²) in [6.45, 7) is 1.83. The van der Waals surface area contributed by atoms with E-state index in [0.717, 1.165) is 6.07 Å². The minimum absolute atomic E-state index is 0.0477. The van der Waals surface area contributed by atoms with Crippen molar-refractivity contribution < 1.29 is 27.6 Å². The van der Waals surface area contributed by atoms with Crippen LogP contribution in [0.3, 0.4) is 0 Å². The lowest BCUT2D eigenvalue weighted by Crippen LogP contribution is -2.36. The number of morpholine rings is 1. The Balaban J connectivity index is 1.81. The molecule has 1 N–H and O–H groups in total. The molecule has 136 valence electrons. The second-order valence-electron chi connectivity index (χ2n) is 6.01. The van der Waals surface area contributed by atoms with Gasteiger partial charge in [0.05, 0.1) is 24.5 Å². The van der Waals surface area contributed by atoms with Crippen LogP contribution in [-0.4, -0.2) is 43.2 Å². The summed E-state index contributed by atoms with van der Waals surface area (Å²) in [5.74, 6) is -1.64. The Morgan fingerprint density at radius 2 is 2.00 bits per heavy atom. The molecule has 2 atom stereocenters. The van der Waals surface area contributed by atoms with Gasteiger partial charge in [0.15, 0.2) is 0 Å². The van der Waals surface area contributed by atoms with Crippen LogP contribution < -0.4 is 10.2 Å². The molecule has 1 amide bonds. The molecule has 1 saturated heterocycles. The molecular formula is C15H16F3N3O4. The molecule has 1 heterocycles. The Morgan fingerprint density at radius 3 is 2.56 bits per heavy atom. The molecule has 1 saturated carbocycles. The van der Waals surface area contributed by atoms with Crippen LogP contribution in [-0.2, 0) is 15.7 Å². The van der Waals surface area contributed by atoms with E-state index in [0.29, 0.717) is 32.0 Å². The number of benzene rings is 1. The second-order valence-corrected chi connectivity index (χ2v) is 6.01. The predicted molar refractivity (Wildman–Crippen MR) is 82.0 cm³/mol. The van der Waals surface area contributed by atoms with Crippen molar-refractivity contribution in [2.75, 3.05) is 36.5 Å². The maximum atomic E-state index is 13.4. The summed E-state index contributed by atoms with van der Waals surface area (Å²) >= 11 is 0. The molecule has 0 bridgehead atoms. The molecule has 25 heavy (non-hydrogen) atoms. The molecule has 7 nitrogen and oxygen atoms in total. The average molecular weight is 359 g/mol. The van der Waals surface area contributed by atoms with Crippen LogP contribution in [0.4, 0.5) is 24.5 Å². The number of carbonyl (C=O) groups excluding carboxylic acids is 1. The van der Waals surface area contributed by atoms with Gasteiger partial charge in [-0.05, 0) is 18.2 Å². The topological polar surface area (TPSA) is 84.7 Å². The lowest BCUT2D eigenvalue weighted by atomic mass is 10.1. The van der Waals surface area contributed by atoms with Crippen molar-refractivity contribution in [2.45, 2.75) is 18.6 Å². The van der Waals surface area contributed by atoms with Crippen molar-refractivity contribution in [2.24, 2.45) is 5.92 Å². The number of nitro groups is 1. The van der Waals surface area contributed by atoms with Gasteiger partial charge in [0.2, 0.25) is 11.9 Å². The Labute approximate surface area is 140 Å². The SMILES string of the molecule is O=C(Nc1ccc(N2CCOCC2)cc1C(F)(F)F)[C@@H]1C[C@@H]1[N+](=O)[O-]. The van der Waals surface area contributed by atoms with E-state index in [1.165, 1.54) is 12.1 Å². The van der Waals surface area contributed by atoms with E-state index < -0.39 is 34.5 Å². The van der Waals surface area contributed by atoms with Crippen LogP contribution in [0.1, 0.15) is 12.0 Å². The summed E-state index contributed by atoms with van der Waals surface area (Å²) in [6, 6.07) is 2.66. The van der Waals surface area contributed by atoms with Gasteiger partial charge < -0.3 is 15.0 Å². The number of halogens is 3. The summed E-state index contributed by atoms with van der Waals surface area (Å²) in [7, 11) is 0. The summed E-state index contributed by atoms with van der Waals surface area (Å²) in [4.78, 5) is 23.7. The first-order chi connectivity index (χ1) is 11.8. The molecule has 1 aromatic rings. The first-order valence-corrected chi connectivity index (χ1v) is 7.75. The maximum absolute atomic E-state index is 13.4. The number of nitrogens with zero attached hydrogens (tertiary/aromatic N) is 2. The van der Waals surface area contributed by atoms with Gasteiger partial charge in [0, 0.05) is 30.1 Å². The molecule has 2 fully saturated rings. The van der Waals surface area contributed by atoms with Crippen molar-refractivity contribution in [3.63, 3.8) is 0 Å². The summed E-state index contributed by atoms with van der Waals surface area (Å²) in [5.41, 5.74) is -0.963. The summed E-state index contributed by atoms with van der Waals surface area (Å²) in [6.07, 6.45) is -4.61. The van der Waals surface area contributed by atoms with Gasteiger partial charge in [-0.2, -0.15) is 13.2 Å². The van der Waals surface area contributed by atoms with Gasteiger partial charge in [-0.3, -0.25) is 14.9 Å². The zero-order valence-electron chi connectivity index (χ0n) is 13.1. The van der Waals surface area contributed by atoms with E-state index in [2.05, 4.69) is 5.32 Å². The normalized spacial score (nSPS) is 23.2. The Morgan fingerprint density at radius 1 is 1.32 bits per heavy atom. The lowest BCUT2D eigenvalue weighted by molar-refractivity contribution is -0.497. The van der Waals surface area contributed by atoms with Gasteiger partial charge in [0.1, 0.15) is 5.92 Å². The standard InChI is InChI=1S/C15H16F3N3O4/c16-15(17,18)11-7-9(20-3-5-25-6-4-20)1-2-12(11)19-14(22)10-8-13(10)21(23)24/h1-2,7,10,13H,3-6,8H2,(H,19,22)/t10-,13+/m1/s1. The fraction of sp³-hybridized carbons (Fsp3) is 0.533. The van der Waals surface area contributed by atoms with Gasteiger partial charge in [-0.25, -0.2) is 0 Å². The maximum Gasteiger partial charge on any atom is 0.418 e. The first kappa shape index (κ1) is 17.5. The molecule has 1 aliphatic heterocycles. The predicted octanol–water partition coefficient (Wildman–Crippen LogP) is 2.15. The number of rotatable bonds is 4. The Bertz CT molecular complexity index is 689. The van der Waals surface area contributed by atoms with Gasteiger partial charge in [0.25, 0.3) is 0 Å². The number of nitrogens with one attached hydrogen (secondary N) is 1. The first-order valence-electron chi connectivity index (χ1n) is 7.75. The molecule has 1 aliphatic carbocycles. The van der Waals surface area contributed by atoms with Gasteiger partial charge in [-0.15, -0.1) is 0 Å². The van der Waals surface area contributed by atoms with E-state index in [9.17, 15) is 28.1 Å². The Hall–Kier alpha value is -2.36. The summed E-state index contributed by atoms with van der Waals surface area (Å²) < 4.78 is 45.3.